The number of carbonyl (C=O) groups is 1. The third-order valence-electron chi connectivity index (χ3n) is 5.82. The van der Waals surface area contributed by atoms with Crippen LogP contribution in [0.15, 0.2) is 47.7 Å². The second-order valence-electron chi connectivity index (χ2n) is 8.33. The topological polar surface area (TPSA) is 148 Å². The number of rotatable bonds is 3. The average Bonchev–Trinajstić information content (AvgIpc) is 3.59. The van der Waals surface area contributed by atoms with Crippen LogP contribution < -0.4 is 21.6 Å². The van der Waals surface area contributed by atoms with Gasteiger partial charge in [0, 0.05) is 24.6 Å². The molecule has 12 heteroatoms. The van der Waals surface area contributed by atoms with Crippen LogP contribution in [0.25, 0.3) is 0 Å². The van der Waals surface area contributed by atoms with Crippen molar-refractivity contribution in [1.29, 1.82) is 0 Å². The van der Waals surface area contributed by atoms with E-state index in [1.807, 2.05) is 19.1 Å². The van der Waals surface area contributed by atoms with Gasteiger partial charge in [0.1, 0.15) is 22.4 Å². The number of aryl methyl sites for hydroxylation is 1. The highest BCUT2D eigenvalue weighted by Gasteiger charge is 2.38. The van der Waals surface area contributed by atoms with Crippen molar-refractivity contribution in [1.82, 2.24) is 19.5 Å². The number of nitrogens with zero attached hydrogens (tertiary/aromatic N) is 5. The first kappa shape index (κ1) is 23.3. The van der Waals surface area contributed by atoms with Gasteiger partial charge in [-0.1, -0.05) is 0 Å². The number of anilines is 4. The van der Waals surface area contributed by atoms with Gasteiger partial charge in [0.05, 0.1) is 24.5 Å². The number of thioether (sulfide) groups is 1. The number of aliphatic hydroxyl groups excluding tert-OH is 1. The molecule has 1 saturated heterocycles. The number of aliphatic hydroxyl groups is 1. The molecule has 3 aliphatic rings. The minimum Gasteiger partial charge on any atom is -0.393 e. The lowest BCUT2D eigenvalue weighted by molar-refractivity contribution is 0.0803. The maximum Gasteiger partial charge on any atom is 0.350 e. The van der Waals surface area contributed by atoms with E-state index in [9.17, 15) is 9.59 Å². The van der Waals surface area contributed by atoms with E-state index in [1.54, 1.807) is 30.7 Å². The molecule has 3 aromatic rings. The molecule has 2 fully saturated rings. The van der Waals surface area contributed by atoms with Gasteiger partial charge in [-0.3, -0.25) is 9.36 Å². The number of nitrogens with two attached hydrogens (primary N) is 1. The number of fused-ring (bicyclic) bond motifs is 2. The first-order valence-electron chi connectivity index (χ1n) is 11.2. The molecule has 5 heterocycles. The predicted molar refractivity (Wildman–Crippen MR) is 133 cm³/mol. The van der Waals surface area contributed by atoms with Crippen LogP contribution >= 0.6 is 11.8 Å². The zero-order valence-corrected chi connectivity index (χ0v) is 19.8. The van der Waals surface area contributed by atoms with E-state index < -0.39 is 5.69 Å². The second-order valence-corrected chi connectivity index (χ2v) is 9.68. The zero-order chi connectivity index (χ0) is 24.5. The SMILES string of the molecule is Cc1ccnc2c1NC(=O)c1cccnc1N2C1CC1.Nc1ccn([C@H]2CO[C@@H](CO)S2)c(=O)n1. The largest absolute Gasteiger partial charge is 0.393 e. The molecule has 0 spiro atoms. The van der Waals surface area contributed by atoms with Crippen molar-refractivity contribution >= 4 is 40.8 Å². The minimum absolute atomic E-state index is 0.0572. The number of hydrogen-bond donors (Lipinski definition) is 3. The minimum atomic E-state index is -0.394. The van der Waals surface area contributed by atoms with E-state index >= 15 is 0 Å². The molecule has 1 saturated carbocycles. The van der Waals surface area contributed by atoms with Crippen LogP contribution in [-0.4, -0.2) is 55.2 Å². The summed E-state index contributed by atoms with van der Waals surface area (Å²) in [5.74, 6) is 1.61. The van der Waals surface area contributed by atoms with Gasteiger partial charge in [-0.15, -0.1) is 11.8 Å². The third kappa shape index (κ3) is 4.72. The molecule has 35 heavy (non-hydrogen) atoms. The third-order valence-corrected chi connectivity index (χ3v) is 7.09. The summed E-state index contributed by atoms with van der Waals surface area (Å²) in [7, 11) is 0. The highest BCUT2D eigenvalue weighted by atomic mass is 32.2. The van der Waals surface area contributed by atoms with Gasteiger partial charge < -0.3 is 25.8 Å². The van der Waals surface area contributed by atoms with Crippen molar-refractivity contribution in [2.45, 2.75) is 36.6 Å². The van der Waals surface area contributed by atoms with Crippen LogP contribution in [0.2, 0.25) is 0 Å². The lowest BCUT2D eigenvalue weighted by Crippen LogP contribution is -2.26. The Bertz CT molecular complexity index is 1310. The number of carbonyl (C=O) groups excluding carboxylic acids is 1. The van der Waals surface area contributed by atoms with Gasteiger partial charge in [-0.05, 0) is 49.6 Å². The Hall–Kier alpha value is -3.48. The summed E-state index contributed by atoms with van der Waals surface area (Å²) in [4.78, 5) is 38.5. The smallest absolute Gasteiger partial charge is 0.350 e. The van der Waals surface area contributed by atoms with Crippen molar-refractivity contribution in [3.05, 3.63) is 64.5 Å². The number of amides is 1. The molecule has 6 rings (SSSR count). The first-order chi connectivity index (χ1) is 17.0. The van der Waals surface area contributed by atoms with Gasteiger partial charge >= 0.3 is 5.69 Å². The summed E-state index contributed by atoms with van der Waals surface area (Å²) in [5, 5.41) is 11.7. The van der Waals surface area contributed by atoms with Crippen LogP contribution in [0.4, 0.5) is 23.1 Å². The molecule has 182 valence electrons. The Balaban J connectivity index is 0.000000152. The predicted octanol–water partition coefficient (Wildman–Crippen LogP) is 2.06. The summed E-state index contributed by atoms with van der Waals surface area (Å²) < 4.78 is 6.70. The van der Waals surface area contributed by atoms with E-state index in [4.69, 9.17) is 15.6 Å². The van der Waals surface area contributed by atoms with Gasteiger partial charge in [-0.25, -0.2) is 14.8 Å². The molecule has 0 unspecified atom stereocenters. The Morgan fingerprint density at radius 2 is 2.00 bits per heavy atom. The van der Waals surface area contributed by atoms with Gasteiger partial charge in [-0.2, -0.15) is 4.98 Å². The maximum atomic E-state index is 12.4. The molecule has 3 aromatic heterocycles. The fourth-order valence-electron chi connectivity index (χ4n) is 3.94. The van der Waals surface area contributed by atoms with Crippen molar-refractivity contribution in [3.8, 4) is 0 Å². The Kier molecular flexibility index (Phi) is 6.41. The lowest BCUT2D eigenvalue weighted by atomic mass is 10.2. The summed E-state index contributed by atoms with van der Waals surface area (Å²) in [6.07, 6.45) is 7.32. The molecular weight excluding hydrogens is 470 g/mol. The van der Waals surface area contributed by atoms with Crippen LogP contribution in [0.3, 0.4) is 0 Å². The standard InChI is InChI=1S/C15H14N4O.C8H11N3O3S/c1-9-6-8-17-14-12(9)18-15(20)11-3-2-7-16-13(11)19(14)10-4-5-10;9-5-1-2-11(8(13)10-5)6-4-14-7(3-12)15-6/h2-3,6-8,10H,4-5H2,1H3,(H,18,20);1-2,6-7,12H,3-4H2,(H2,9,10,13)/t;6-,7-/m.1/s1. The number of nitrogen functional groups attached to an aromatic ring is 1. The molecule has 0 radical (unpaired) electrons. The van der Waals surface area contributed by atoms with Crippen LogP contribution in [0.5, 0.6) is 0 Å². The quantitative estimate of drug-likeness (QED) is 0.493. The number of pyridine rings is 2. The molecule has 4 N–H and O–H groups in total. The molecular formula is C23H25N7O4S. The Morgan fingerprint density at radius 3 is 2.71 bits per heavy atom. The van der Waals surface area contributed by atoms with E-state index in [-0.39, 0.29) is 29.1 Å². The van der Waals surface area contributed by atoms with E-state index in [1.165, 1.54) is 16.3 Å². The number of nitrogens with one attached hydrogen (secondary N) is 1. The highest BCUT2D eigenvalue weighted by molar-refractivity contribution is 8.00. The van der Waals surface area contributed by atoms with Crippen molar-refractivity contribution in [2.75, 3.05) is 29.2 Å². The molecule has 1 aliphatic carbocycles. The highest BCUT2D eigenvalue weighted by Crippen LogP contribution is 2.43. The fourth-order valence-corrected chi connectivity index (χ4v) is 4.98. The summed E-state index contributed by atoms with van der Waals surface area (Å²) >= 11 is 1.39. The maximum absolute atomic E-state index is 12.4. The molecule has 2 atom stereocenters. The molecule has 1 amide bonds. The lowest BCUT2D eigenvalue weighted by Gasteiger charge is -2.23. The van der Waals surface area contributed by atoms with Crippen molar-refractivity contribution in [2.24, 2.45) is 0 Å². The summed E-state index contributed by atoms with van der Waals surface area (Å²) in [6.45, 7) is 2.31. The van der Waals surface area contributed by atoms with Gasteiger partial charge in [0.15, 0.2) is 5.82 Å². The van der Waals surface area contributed by atoms with E-state index in [2.05, 4.69) is 25.2 Å². The van der Waals surface area contributed by atoms with E-state index in [0.29, 0.717) is 24.0 Å². The van der Waals surface area contributed by atoms with Crippen molar-refractivity contribution in [3.63, 3.8) is 0 Å². The average molecular weight is 496 g/mol. The number of ether oxygens (including phenoxy) is 1. The number of hydrogen-bond acceptors (Lipinski definition) is 10. The Labute approximate surface area is 205 Å². The molecule has 2 aliphatic heterocycles. The fraction of sp³-hybridized carbons (Fsp3) is 0.348. The first-order valence-corrected chi connectivity index (χ1v) is 12.1. The summed E-state index contributed by atoms with van der Waals surface area (Å²) in [6, 6.07) is 7.47. The Morgan fingerprint density at radius 1 is 1.20 bits per heavy atom. The van der Waals surface area contributed by atoms with E-state index in [0.717, 1.165) is 29.9 Å². The normalized spacial score (nSPS) is 20.7. The molecule has 0 aromatic carbocycles. The van der Waals surface area contributed by atoms with Crippen LogP contribution in [0, 0.1) is 6.92 Å². The monoisotopic (exact) mass is 495 g/mol. The van der Waals surface area contributed by atoms with Crippen LogP contribution in [-0.2, 0) is 4.74 Å². The zero-order valence-electron chi connectivity index (χ0n) is 19.0. The number of aromatic nitrogens is 4. The summed E-state index contributed by atoms with van der Waals surface area (Å²) in [5.41, 5.74) is 7.14. The van der Waals surface area contributed by atoms with Crippen molar-refractivity contribution < 1.29 is 14.6 Å². The van der Waals surface area contributed by atoms with Crippen LogP contribution in [0.1, 0.15) is 34.1 Å². The van der Waals surface area contributed by atoms with Gasteiger partial charge in [0.25, 0.3) is 5.91 Å². The van der Waals surface area contributed by atoms with Gasteiger partial charge in [0.2, 0.25) is 0 Å². The molecule has 11 nitrogen and oxygen atoms in total. The molecule has 0 bridgehead atoms. The second kappa shape index (κ2) is 9.64.